The number of benzene rings is 2. The van der Waals surface area contributed by atoms with Crippen LogP contribution in [0, 0.1) is 11.3 Å². The Bertz CT molecular complexity index is 1010. The quantitative estimate of drug-likeness (QED) is 0.645. The lowest BCUT2D eigenvalue weighted by Crippen LogP contribution is -2.12. The zero-order valence-corrected chi connectivity index (χ0v) is 14.8. The van der Waals surface area contributed by atoms with Crippen LogP contribution in [-0.2, 0) is 0 Å². The van der Waals surface area contributed by atoms with E-state index in [1.54, 1.807) is 54.7 Å². The lowest BCUT2D eigenvalue weighted by atomic mass is 10.2. The van der Waals surface area contributed by atoms with Crippen molar-refractivity contribution in [1.29, 1.82) is 5.26 Å². The number of carbonyl (C=O) groups is 1. The fourth-order valence-corrected chi connectivity index (χ4v) is 2.70. The Kier molecular flexibility index (Phi) is 5.37. The number of nitrogens with one attached hydrogen (secondary N) is 2. The summed E-state index contributed by atoms with van der Waals surface area (Å²) in [5.41, 5.74) is 2.62. The average Bonchev–Trinajstić information content (AvgIpc) is 2.64. The van der Waals surface area contributed by atoms with E-state index in [4.69, 9.17) is 28.5 Å². The highest BCUT2D eigenvalue weighted by molar-refractivity contribution is 6.36. The molecule has 3 rings (SSSR count). The van der Waals surface area contributed by atoms with Crippen molar-refractivity contribution in [1.82, 2.24) is 4.98 Å². The van der Waals surface area contributed by atoms with Crippen LogP contribution < -0.4 is 10.6 Å². The summed E-state index contributed by atoms with van der Waals surface area (Å²) < 4.78 is 0. The van der Waals surface area contributed by atoms with Crippen LogP contribution in [0.3, 0.4) is 0 Å². The highest BCUT2D eigenvalue weighted by Crippen LogP contribution is 2.28. The average molecular weight is 383 g/mol. The van der Waals surface area contributed by atoms with Gasteiger partial charge in [-0.1, -0.05) is 29.3 Å². The van der Waals surface area contributed by atoms with Gasteiger partial charge >= 0.3 is 0 Å². The molecule has 128 valence electrons. The molecule has 2 N–H and O–H groups in total. The van der Waals surface area contributed by atoms with Crippen molar-refractivity contribution in [2.24, 2.45) is 0 Å². The molecule has 0 atom stereocenters. The summed E-state index contributed by atoms with van der Waals surface area (Å²) in [4.78, 5) is 16.5. The second-order valence-electron chi connectivity index (χ2n) is 5.36. The van der Waals surface area contributed by atoms with Gasteiger partial charge in [0, 0.05) is 16.9 Å². The van der Waals surface area contributed by atoms with E-state index in [2.05, 4.69) is 15.6 Å². The predicted octanol–water partition coefficient (Wildman–Crippen LogP) is 5.26. The highest BCUT2D eigenvalue weighted by Gasteiger charge is 2.09. The molecule has 0 unspecified atom stereocenters. The molecular formula is C19H12Cl2N4O. The van der Waals surface area contributed by atoms with E-state index in [0.717, 1.165) is 0 Å². The van der Waals surface area contributed by atoms with Crippen molar-refractivity contribution >= 4 is 46.2 Å². The molecule has 2 aromatic carbocycles. The Morgan fingerprint density at radius 3 is 2.65 bits per heavy atom. The summed E-state index contributed by atoms with van der Waals surface area (Å²) in [7, 11) is 0. The second kappa shape index (κ2) is 7.87. The van der Waals surface area contributed by atoms with E-state index >= 15 is 0 Å². The van der Waals surface area contributed by atoms with Crippen LogP contribution in [0.5, 0.6) is 0 Å². The van der Waals surface area contributed by atoms with Gasteiger partial charge in [-0.3, -0.25) is 9.78 Å². The molecule has 0 saturated carbocycles. The van der Waals surface area contributed by atoms with Gasteiger partial charge in [0.1, 0.15) is 0 Å². The van der Waals surface area contributed by atoms with Gasteiger partial charge in [0.15, 0.2) is 0 Å². The minimum Gasteiger partial charge on any atom is -0.353 e. The molecule has 0 fully saturated rings. The zero-order valence-electron chi connectivity index (χ0n) is 13.3. The first-order chi connectivity index (χ1) is 12.5. The minimum absolute atomic E-state index is 0.335. The molecule has 0 saturated heterocycles. The Hall–Kier alpha value is -3.07. The first-order valence-corrected chi connectivity index (χ1v) is 8.29. The Morgan fingerprint density at radius 1 is 1.04 bits per heavy atom. The predicted molar refractivity (Wildman–Crippen MR) is 103 cm³/mol. The molecule has 1 aromatic heterocycles. The number of hydrogen-bond acceptors (Lipinski definition) is 4. The SMILES string of the molecule is N#Cc1cccc(NC(=O)c2cncc(Nc3ccc(Cl)cc3Cl)c2)c1. The molecule has 7 heteroatoms. The largest absolute Gasteiger partial charge is 0.353 e. The van der Waals surface area contributed by atoms with Gasteiger partial charge < -0.3 is 10.6 Å². The van der Waals surface area contributed by atoms with Crippen molar-refractivity contribution in [2.75, 3.05) is 10.6 Å². The van der Waals surface area contributed by atoms with Gasteiger partial charge in [-0.25, -0.2) is 0 Å². The van der Waals surface area contributed by atoms with Crippen LogP contribution in [0.2, 0.25) is 10.0 Å². The smallest absolute Gasteiger partial charge is 0.257 e. The lowest BCUT2D eigenvalue weighted by molar-refractivity contribution is 0.102. The molecular weight excluding hydrogens is 371 g/mol. The summed E-state index contributed by atoms with van der Waals surface area (Å²) in [6.07, 6.45) is 3.04. The number of hydrogen-bond donors (Lipinski definition) is 2. The van der Waals surface area contributed by atoms with Crippen molar-refractivity contribution in [3.8, 4) is 6.07 Å². The molecule has 0 radical (unpaired) electrons. The maximum absolute atomic E-state index is 12.4. The van der Waals surface area contributed by atoms with E-state index in [0.29, 0.717) is 38.2 Å². The monoisotopic (exact) mass is 382 g/mol. The zero-order chi connectivity index (χ0) is 18.5. The first kappa shape index (κ1) is 17.7. The molecule has 0 spiro atoms. The minimum atomic E-state index is -0.335. The van der Waals surface area contributed by atoms with Gasteiger partial charge in [0.25, 0.3) is 5.91 Å². The maximum atomic E-state index is 12.4. The Labute approximate surface area is 160 Å². The molecule has 3 aromatic rings. The van der Waals surface area contributed by atoms with Gasteiger partial charge in [-0.15, -0.1) is 0 Å². The van der Waals surface area contributed by atoms with Gasteiger partial charge in [0.2, 0.25) is 0 Å². The van der Waals surface area contributed by atoms with Gasteiger partial charge in [-0.05, 0) is 42.5 Å². The summed E-state index contributed by atoms with van der Waals surface area (Å²) in [5.74, 6) is -0.335. The van der Waals surface area contributed by atoms with Crippen LogP contribution in [0.25, 0.3) is 0 Å². The summed E-state index contributed by atoms with van der Waals surface area (Å²) in [6.45, 7) is 0. The third-order valence-corrected chi connectivity index (χ3v) is 4.01. The number of amides is 1. The lowest BCUT2D eigenvalue weighted by Gasteiger charge is -2.10. The van der Waals surface area contributed by atoms with E-state index < -0.39 is 0 Å². The molecule has 0 aliphatic rings. The Balaban J connectivity index is 1.78. The molecule has 1 amide bonds. The summed E-state index contributed by atoms with van der Waals surface area (Å²) >= 11 is 12.0. The van der Waals surface area contributed by atoms with Crippen LogP contribution in [0.1, 0.15) is 15.9 Å². The molecule has 5 nitrogen and oxygen atoms in total. The molecule has 26 heavy (non-hydrogen) atoms. The molecule has 1 heterocycles. The normalized spacial score (nSPS) is 10.0. The number of pyridine rings is 1. The number of aromatic nitrogens is 1. The molecule has 0 aliphatic carbocycles. The number of carbonyl (C=O) groups excluding carboxylic acids is 1. The number of nitrogens with zero attached hydrogens (tertiary/aromatic N) is 2. The van der Waals surface area contributed by atoms with Crippen LogP contribution >= 0.6 is 23.2 Å². The van der Waals surface area contributed by atoms with Crippen molar-refractivity contribution in [3.63, 3.8) is 0 Å². The Morgan fingerprint density at radius 2 is 1.88 bits per heavy atom. The van der Waals surface area contributed by atoms with Crippen LogP contribution in [-0.4, -0.2) is 10.9 Å². The fourth-order valence-electron chi connectivity index (χ4n) is 2.25. The first-order valence-electron chi connectivity index (χ1n) is 7.54. The maximum Gasteiger partial charge on any atom is 0.257 e. The molecule has 0 aliphatic heterocycles. The van der Waals surface area contributed by atoms with Crippen LogP contribution in [0.4, 0.5) is 17.1 Å². The van der Waals surface area contributed by atoms with E-state index in [-0.39, 0.29) is 5.91 Å². The van der Waals surface area contributed by atoms with Gasteiger partial charge in [-0.2, -0.15) is 5.26 Å². The number of nitriles is 1. The second-order valence-corrected chi connectivity index (χ2v) is 6.20. The number of rotatable bonds is 4. The van der Waals surface area contributed by atoms with Crippen LogP contribution in [0.15, 0.2) is 60.9 Å². The molecule has 0 bridgehead atoms. The number of anilines is 3. The third kappa shape index (κ3) is 4.31. The number of halogens is 2. The van der Waals surface area contributed by atoms with Crippen molar-refractivity contribution < 1.29 is 4.79 Å². The van der Waals surface area contributed by atoms with Crippen molar-refractivity contribution in [2.45, 2.75) is 0 Å². The van der Waals surface area contributed by atoms with Crippen molar-refractivity contribution in [3.05, 3.63) is 82.1 Å². The topological polar surface area (TPSA) is 77.8 Å². The fraction of sp³-hybridized carbons (Fsp3) is 0. The van der Waals surface area contributed by atoms with E-state index in [1.165, 1.54) is 6.20 Å². The van der Waals surface area contributed by atoms with Gasteiger partial charge in [0.05, 0.1) is 39.8 Å². The highest BCUT2D eigenvalue weighted by atomic mass is 35.5. The summed E-state index contributed by atoms with van der Waals surface area (Å²) in [6, 6.07) is 15.4. The summed E-state index contributed by atoms with van der Waals surface area (Å²) in [5, 5.41) is 15.8. The third-order valence-electron chi connectivity index (χ3n) is 3.46. The standard InChI is InChI=1S/C19H12Cl2N4O/c20-14-4-5-18(17(21)8-14)24-16-7-13(10-23-11-16)19(26)25-15-3-1-2-12(6-15)9-22/h1-8,10-11,24H,(H,25,26). The van der Waals surface area contributed by atoms with E-state index in [1.807, 2.05) is 6.07 Å². The van der Waals surface area contributed by atoms with E-state index in [9.17, 15) is 4.79 Å².